The molecule has 0 saturated carbocycles. The van der Waals surface area contributed by atoms with Crippen LogP contribution in [0.25, 0.3) is 0 Å². The summed E-state index contributed by atoms with van der Waals surface area (Å²) in [5.41, 5.74) is -0.896. The van der Waals surface area contributed by atoms with Crippen molar-refractivity contribution in [2.24, 2.45) is 0 Å². The van der Waals surface area contributed by atoms with Crippen molar-refractivity contribution in [1.29, 1.82) is 0 Å². The summed E-state index contributed by atoms with van der Waals surface area (Å²) in [6, 6.07) is 2.23. The summed E-state index contributed by atoms with van der Waals surface area (Å²) in [7, 11) is 0.420. The van der Waals surface area contributed by atoms with Gasteiger partial charge in [-0.25, -0.2) is 0 Å². The first-order valence-corrected chi connectivity index (χ1v) is 5.61. The van der Waals surface area contributed by atoms with Crippen molar-refractivity contribution in [3.05, 3.63) is 34.1 Å². The number of rotatable bonds is 3. The van der Waals surface area contributed by atoms with Crippen LogP contribution in [0.2, 0.25) is 0 Å². The van der Waals surface area contributed by atoms with Crippen LogP contribution in [0, 0.1) is 15.9 Å². The molecule has 82 valence electrons. The van der Waals surface area contributed by atoms with E-state index in [-0.39, 0.29) is 0 Å². The van der Waals surface area contributed by atoms with Crippen LogP contribution in [0.4, 0.5) is 10.1 Å². The second-order valence-electron chi connectivity index (χ2n) is 2.35. The largest absolute Gasteiger partial charge is 0.401 e. The van der Waals surface area contributed by atoms with E-state index in [2.05, 4.69) is 4.18 Å². The summed E-state index contributed by atoms with van der Waals surface area (Å²) in [5, 5.41) is 10.3. The highest BCUT2D eigenvalue weighted by atomic mass is 35.7. The molecule has 1 rings (SSSR count). The first-order chi connectivity index (χ1) is 6.79. The normalized spacial score (nSPS) is 11.1. The number of nitro groups is 1. The number of halogens is 2. The Morgan fingerprint density at radius 2 is 2.07 bits per heavy atom. The van der Waals surface area contributed by atoms with E-state index in [1.807, 2.05) is 0 Å². The lowest BCUT2D eigenvalue weighted by atomic mass is 10.3. The lowest BCUT2D eigenvalue weighted by Crippen LogP contribution is -2.01. The van der Waals surface area contributed by atoms with Crippen LogP contribution in [0.5, 0.6) is 5.75 Å². The molecule has 15 heavy (non-hydrogen) atoms. The zero-order chi connectivity index (χ0) is 11.6. The zero-order valence-corrected chi connectivity index (χ0v) is 8.46. The van der Waals surface area contributed by atoms with Crippen molar-refractivity contribution >= 4 is 25.7 Å². The van der Waals surface area contributed by atoms with Gasteiger partial charge in [-0.05, 0) is 12.1 Å². The highest BCUT2D eigenvalue weighted by Gasteiger charge is 2.17. The molecule has 0 aliphatic heterocycles. The topological polar surface area (TPSA) is 86.5 Å². The summed E-state index contributed by atoms with van der Waals surface area (Å²) in [6.45, 7) is 0. The van der Waals surface area contributed by atoms with E-state index < -0.39 is 31.5 Å². The van der Waals surface area contributed by atoms with Gasteiger partial charge < -0.3 is 4.18 Å². The smallest absolute Gasteiger partial charge is 0.371 e. The molecule has 9 heteroatoms. The Bertz CT molecular complexity index is 502. The molecule has 0 spiro atoms. The molecule has 0 saturated heterocycles. The zero-order valence-electron chi connectivity index (χ0n) is 6.88. The Morgan fingerprint density at radius 3 is 2.53 bits per heavy atom. The molecule has 1 aromatic carbocycles. The van der Waals surface area contributed by atoms with Gasteiger partial charge in [0, 0.05) is 0 Å². The molecule has 0 N–H and O–H groups in total. The van der Waals surface area contributed by atoms with E-state index in [4.69, 9.17) is 10.7 Å². The Morgan fingerprint density at radius 1 is 1.47 bits per heavy atom. The standard InChI is InChI=1S/C6H3ClFNO5S/c7-15(12,13)14-4-1-2-5(8)6(3-4)9(10)11/h1-3H. The molecule has 0 bridgehead atoms. The monoisotopic (exact) mass is 255 g/mol. The third-order valence-electron chi connectivity index (χ3n) is 1.31. The fourth-order valence-electron chi connectivity index (χ4n) is 0.799. The third-order valence-corrected chi connectivity index (χ3v) is 1.89. The fraction of sp³-hybridized carbons (Fsp3) is 0. The van der Waals surface area contributed by atoms with Crippen molar-refractivity contribution in [3.8, 4) is 5.75 Å². The maximum absolute atomic E-state index is 12.8. The number of hydrogen-bond acceptors (Lipinski definition) is 5. The van der Waals surface area contributed by atoms with E-state index in [1.54, 1.807) is 0 Å². The summed E-state index contributed by atoms with van der Waals surface area (Å²) in [5.74, 6) is -1.53. The predicted octanol–water partition coefficient (Wildman–Crippen LogP) is 1.60. The highest BCUT2D eigenvalue weighted by molar-refractivity contribution is 8.10. The van der Waals surface area contributed by atoms with Crippen LogP contribution in [-0.2, 0) is 9.33 Å². The van der Waals surface area contributed by atoms with Gasteiger partial charge in [0.25, 0.3) is 0 Å². The average Bonchev–Trinajstić information content (AvgIpc) is 2.05. The molecule has 0 atom stereocenters. The molecular formula is C6H3ClFNO5S. The van der Waals surface area contributed by atoms with Gasteiger partial charge in [-0.2, -0.15) is 12.8 Å². The van der Waals surface area contributed by atoms with Crippen LogP contribution >= 0.6 is 10.7 Å². The maximum atomic E-state index is 12.8. The minimum Gasteiger partial charge on any atom is -0.371 e. The molecule has 1 aromatic rings. The first kappa shape index (κ1) is 11.7. The summed E-state index contributed by atoms with van der Waals surface area (Å²) in [4.78, 5) is 9.26. The maximum Gasteiger partial charge on any atom is 0.401 e. The van der Waals surface area contributed by atoms with Crippen LogP contribution in [0.15, 0.2) is 18.2 Å². The summed E-state index contributed by atoms with van der Waals surface area (Å²) >= 11 is 0. The summed E-state index contributed by atoms with van der Waals surface area (Å²) in [6.07, 6.45) is 0. The van der Waals surface area contributed by atoms with Gasteiger partial charge in [-0.1, -0.05) is 0 Å². The Kier molecular flexibility index (Phi) is 3.10. The molecule has 0 aromatic heterocycles. The predicted molar refractivity (Wildman–Crippen MR) is 48.5 cm³/mol. The van der Waals surface area contributed by atoms with Crippen molar-refractivity contribution in [3.63, 3.8) is 0 Å². The number of nitrogens with zero attached hydrogens (tertiary/aromatic N) is 1. The van der Waals surface area contributed by atoms with Gasteiger partial charge in [0.05, 0.1) is 21.7 Å². The molecule has 0 aliphatic carbocycles. The Hall–Kier alpha value is -1.41. The van der Waals surface area contributed by atoms with Gasteiger partial charge in [0.1, 0.15) is 0 Å². The fourth-order valence-corrected chi connectivity index (χ4v) is 1.35. The van der Waals surface area contributed by atoms with Crippen LogP contribution in [-0.4, -0.2) is 13.3 Å². The van der Waals surface area contributed by atoms with Crippen molar-refractivity contribution < 1.29 is 21.9 Å². The van der Waals surface area contributed by atoms with E-state index >= 15 is 0 Å². The number of hydrogen-bond donors (Lipinski definition) is 0. The second kappa shape index (κ2) is 3.99. The average molecular weight is 256 g/mol. The van der Waals surface area contributed by atoms with Crippen molar-refractivity contribution in [2.75, 3.05) is 0 Å². The molecule has 0 heterocycles. The van der Waals surface area contributed by atoms with Gasteiger partial charge in [0.15, 0.2) is 5.75 Å². The van der Waals surface area contributed by atoms with Crippen LogP contribution in [0.3, 0.4) is 0 Å². The van der Waals surface area contributed by atoms with Crippen LogP contribution in [0.1, 0.15) is 0 Å². The minimum absolute atomic E-state index is 0.432. The Balaban J connectivity index is 3.14. The van der Waals surface area contributed by atoms with Gasteiger partial charge >= 0.3 is 15.0 Å². The molecule has 0 unspecified atom stereocenters. The number of benzene rings is 1. The second-order valence-corrected chi connectivity index (χ2v) is 4.43. The van der Waals surface area contributed by atoms with Gasteiger partial charge in [0.2, 0.25) is 5.82 Å². The van der Waals surface area contributed by atoms with E-state index in [1.165, 1.54) is 0 Å². The van der Waals surface area contributed by atoms with E-state index in [9.17, 15) is 22.9 Å². The third kappa shape index (κ3) is 3.33. The molecule has 0 amide bonds. The van der Waals surface area contributed by atoms with E-state index in [0.29, 0.717) is 12.1 Å². The first-order valence-electron chi connectivity index (χ1n) is 3.37. The summed E-state index contributed by atoms with van der Waals surface area (Å²) < 4.78 is 37.8. The quantitative estimate of drug-likeness (QED) is 0.465. The van der Waals surface area contributed by atoms with Crippen LogP contribution < -0.4 is 4.18 Å². The van der Waals surface area contributed by atoms with Gasteiger partial charge in [-0.3, -0.25) is 10.1 Å². The lowest BCUT2D eigenvalue weighted by molar-refractivity contribution is -0.387. The molecule has 0 fully saturated rings. The number of nitro benzene ring substituents is 1. The van der Waals surface area contributed by atoms with Crippen molar-refractivity contribution in [2.45, 2.75) is 0 Å². The molecule has 6 nitrogen and oxygen atoms in total. The Labute approximate surface area is 88.0 Å². The highest BCUT2D eigenvalue weighted by Crippen LogP contribution is 2.24. The van der Waals surface area contributed by atoms with Gasteiger partial charge in [-0.15, -0.1) is 0 Å². The minimum atomic E-state index is -4.31. The SMILES string of the molecule is O=[N+]([O-])c1cc(OS(=O)(=O)Cl)ccc1F. The van der Waals surface area contributed by atoms with Crippen molar-refractivity contribution in [1.82, 2.24) is 0 Å². The molecule has 0 aliphatic rings. The lowest BCUT2D eigenvalue weighted by Gasteiger charge is -2.00. The molecule has 0 radical (unpaired) electrons. The van der Waals surface area contributed by atoms with E-state index in [0.717, 1.165) is 6.07 Å². The molecular weight excluding hydrogens is 253 g/mol.